The lowest BCUT2D eigenvalue weighted by Crippen LogP contribution is -2.15. The lowest BCUT2D eigenvalue weighted by atomic mass is 10.3. The Morgan fingerprint density at radius 1 is 1.29 bits per heavy atom. The predicted molar refractivity (Wildman–Crippen MR) is 63.1 cm³/mol. The van der Waals surface area contributed by atoms with Crippen LogP contribution in [0.5, 0.6) is 5.75 Å². The fourth-order valence-electron chi connectivity index (χ4n) is 1.23. The number of nitrogens with one attached hydrogen (secondary N) is 1. The van der Waals surface area contributed by atoms with Gasteiger partial charge in [-0.15, -0.1) is 0 Å². The molecule has 0 fully saturated rings. The average Bonchev–Trinajstić information content (AvgIpc) is 2.18. The molecule has 0 atom stereocenters. The van der Waals surface area contributed by atoms with Crippen LogP contribution in [0.25, 0.3) is 0 Å². The average molecular weight is 237 g/mol. The van der Waals surface area contributed by atoms with Gasteiger partial charge in [-0.3, -0.25) is 9.59 Å². The Bertz CT molecular complexity index is 397. The van der Waals surface area contributed by atoms with Gasteiger partial charge in [-0.25, -0.2) is 0 Å². The van der Waals surface area contributed by atoms with Crippen LogP contribution in [0.1, 0.15) is 20.3 Å². The first kappa shape index (κ1) is 13.0. The molecule has 1 amide bonds. The summed E-state index contributed by atoms with van der Waals surface area (Å²) in [6.45, 7) is 3.84. The molecule has 0 aromatic heterocycles. The van der Waals surface area contributed by atoms with Gasteiger partial charge < -0.3 is 15.2 Å². The van der Waals surface area contributed by atoms with Crippen molar-refractivity contribution in [1.82, 2.24) is 0 Å². The van der Waals surface area contributed by atoms with E-state index in [0.717, 1.165) is 0 Å². The highest BCUT2D eigenvalue weighted by molar-refractivity contribution is 6.01. The molecule has 0 saturated carbocycles. The van der Waals surface area contributed by atoms with Crippen molar-refractivity contribution in [3.8, 4) is 5.75 Å². The fraction of sp³-hybridized carbons (Fsp3) is 0.333. The second kappa shape index (κ2) is 5.89. The Balaban J connectivity index is 2.56. The number of carbonyl (C=O) groups is 2. The zero-order valence-electron chi connectivity index (χ0n) is 9.77. The molecule has 0 heterocycles. The Hall–Kier alpha value is -2.04. The number of hydrogen-bond donors (Lipinski definition) is 2. The first-order valence-electron chi connectivity index (χ1n) is 5.25. The van der Waals surface area contributed by atoms with E-state index in [1.807, 2.05) is 13.8 Å². The number of carboxylic acids is 1. The van der Waals surface area contributed by atoms with Crippen molar-refractivity contribution in [3.63, 3.8) is 0 Å². The van der Waals surface area contributed by atoms with E-state index in [9.17, 15) is 9.59 Å². The first-order chi connectivity index (χ1) is 7.97. The van der Waals surface area contributed by atoms with Crippen LogP contribution in [0.4, 0.5) is 5.69 Å². The van der Waals surface area contributed by atoms with E-state index in [2.05, 4.69) is 5.32 Å². The van der Waals surface area contributed by atoms with Crippen molar-refractivity contribution in [2.24, 2.45) is 0 Å². The standard InChI is InChI=1S/C12H15NO4/c1-8(2)17-10-5-3-9(4-6-10)13-11(14)7-12(15)16/h3-6,8H,7H2,1-2H3,(H,13,14)(H,15,16). The van der Waals surface area contributed by atoms with Crippen LogP contribution < -0.4 is 10.1 Å². The number of benzene rings is 1. The third-order valence-corrected chi connectivity index (χ3v) is 1.82. The van der Waals surface area contributed by atoms with Crippen molar-refractivity contribution in [1.29, 1.82) is 0 Å². The number of aliphatic carboxylic acids is 1. The van der Waals surface area contributed by atoms with Gasteiger partial charge in [-0.1, -0.05) is 0 Å². The number of carbonyl (C=O) groups excluding carboxylic acids is 1. The van der Waals surface area contributed by atoms with E-state index < -0.39 is 18.3 Å². The molecule has 2 N–H and O–H groups in total. The molecule has 17 heavy (non-hydrogen) atoms. The summed E-state index contributed by atoms with van der Waals surface area (Å²) in [6, 6.07) is 6.77. The topological polar surface area (TPSA) is 75.6 Å². The third kappa shape index (κ3) is 5.01. The molecule has 5 nitrogen and oxygen atoms in total. The quantitative estimate of drug-likeness (QED) is 0.767. The SMILES string of the molecule is CC(C)Oc1ccc(NC(=O)CC(=O)O)cc1. The van der Waals surface area contributed by atoms with Crippen molar-refractivity contribution >= 4 is 17.6 Å². The number of anilines is 1. The summed E-state index contributed by atoms with van der Waals surface area (Å²) in [5.74, 6) is -0.992. The maximum Gasteiger partial charge on any atom is 0.312 e. The molecule has 92 valence electrons. The largest absolute Gasteiger partial charge is 0.491 e. The summed E-state index contributed by atoms with van der Waals surface area (Å²) < 4.78 is 5.43. The monoisotopic (exact) mass is 237 g/mol. The highest BCUT2D eigenvalue weighted by Gasteiger charge is 2.07. The van der Waals surface area contributed by atoms with Crippen molar-refractivity contribution in [2.45, 2.75) is 26.4 Å². The number of rotatable bonds is 5. The normalized spacial score (nSPS) is 10.1. The first-order valence-corrected chi connectivity index (χ1v) is 5.25. The lowest BCUT2D eigenvalue weighted by molar-refractivity contribution is -0.139. The van der Waals surface area contributed by atoms with Gasteiger partial charge in [0.25, 0.3) is 0 Å². The van der Waals surface area contributed by atoms with Gasteiger partial charge in [-0.2, -0.15) is 0 Å². The molecule has 1 rings (SSSR count). The van der Waals surface area contributed by atoms with Crippen LogP contribution in [0.15, 0.2) is 24.3 Å². The lowest BCUT2D eigenvalue weighted by Gasteiger charge is -2.10. The minimum atomic E-state index is -1.15. The molecule has 0 radical (unpaired) electrons. The molecule has 0 aliphatic rings. The van der Waals surface area contributed by atoms with E-state index >= 15 is 0 Å². The highest BCUT2D eigenvalue weighted by atomic mass is 16.5. The summed E-state index contributed by atoms with van der Waals surface area (Å²) >= 11 is 0. The minimum Gasteiger partial charge on any atom is -0.491 e. The van der Waals surface area contributed by atoms with E-state index in [1.165, 1.54) is 0 Å². The fourth-order valence-corrected chi connectivity index (χ4v) is 1.23. The summed E-state index contributed by atoms with van der Waals surface area (Å²) in [4.78, 5) is 21.5. The van der Waals surface area contributed by atoms with Gasteiger partial charge >= 0.3 is 5.97 Å². The summed E-state index contributed by atoms with van der Waals surface area (Å²) in [6.07, 6.45) is -0.452. The summed E-state index contributed by atoms with van der Waals surface area (Å²) in [7, 11) is 0. The zero-order valence-corrected chi connectivity index (χ0v) is 9.77. The molecule has 5 heteroatoms. The van der Waals surface area contributed by atoms with Crippen LogP contribution in [0.3, 0.4) is 0 Å². The zero-order chi connectivity index (χ0) is 12.8. The van der Waals surface area contributed by atoms with Crippen molar-refractivity contribution in [3.05, 3.63) is 24.3 Å². The molecule has 1 aromatic carbocycles. The van der Waals surface area contributed by atoms with E-state index in [1.54, 1.807) is 24.3 Å². The van der Waals surface area contributed by atoms with Crippen molar-refractivity contribution in [2.75, 3.05) is 5.32 Å². The Labute approximate surface area is 99.4 Å². The second-order valence-corrected chi connectivity index (χ2v) is 3.81. The predicted octanol–water partition coefficient (Wildman–Crippen LogP) is 1.89. The van der Waals surface area contributed by atoms with Crippen LogP contribution in [-0.4, -0.2) is 23.1 Å². The van der Waals surface area contributed by atoms with Gasteiger partial charge in [0, 0.05) is 5.69 Å². The Morgan fingerprint density at radius 3 is 2.35 bits per heavy atom. The van der Waals surface area contributed by atoms with Gasteiger partial charge in [0.1, 0.15) is 12.2 Å². The molecule has 0 aliphatic carbocycles. The summed E-state index contributed by atoms with van der Waals surface area (Å²) in [5, 5.41) is 10.9. The van der Waals surface area contributed by atoms with E-state index in [0.29, 0.717) is 11.4 Å². The van der Waals surface area contributed by atoms with Crippen LogP contribution >= 0.6 is 0 Å². The molecule has 0 aliphatic heterocycles. The summed E-state index contributed by atoms with van der Waals surface area (Å²) in [5.41, 5.74) is 0.548. The van der Waals surface area contributed by atoms with Crippen LogP contribution in [-0.2, 0) is 9.59 Å². The maximum atomic E-state index is 11.2. The number of hydrogen-bond acceptors (Lipinski definition) is 3. The van der Waals surface area contributed by atoms with E-state index in [4.69, 9.17) is 9.84 Å². The van der Waals surface area contributed by atoms with Gasteiger partial charge in [0.2, 0.25) is 5.91 Å². The Kier molecular flexibility index (Phi) is 4.51. The molecular weight excluding hydrogens is 222 g/mol. The maximum absolute atomic E-state index is 11.2. The smallest absolute Gasteiger partial charge is 0.312 e. The van der Waals surface area contributed by atoms with E-state index in [-0.39, 0.29) is 6.10 Å². The molecule has 0 bridgehead atoms. The van der Waals surface area contributed by atoms with Gasteiger partial charge in [0.15, 0.2) is 0 Å². The number of carboxylic acid groups (broad SMARTS) is 1. The van der Waals surface area contributed by atoms with Crippen LogP contribution in [0, 0.1) is 0 Å². The Morgan fingerprint density at radius 2 is 1.88 bits per heavy atom. The van der Waals surface area contributed by atoms with Crippen molar-refractivity contribution < 1.29 is 19.4 Å². The number of amides is 1. The molecule has 0 saturated heterocycles. The highest BCUT2D eigenvalue weighted by Crippen LogP contribution is 2.16. The van der Waals surface area contributed by atoms with Gasteiger partial charge in [0.05, 0.1) is 6.10 Å². The molecule has 1 aromatic rings. The molecule has 0 spiro atoms. The van der Waals surface area contributed by atoms with Gasteiger partial charge in [-0.05, 0) is 38.1 Å². The van der Waals surface area contributed by atoms with Crippen LogP contribution in [0.2, 0.25) is 0 Å². The number of ether oxygens (including phenoxy) is 1. The molecular formula is C12H15NO4. The second-order valence-electron chi connectivity index (χ2n) is 3.81. The minimum absolute atomic E-state index is 0.0856. The third-order valence-electron chi connectivity index (χ3n) is 1.82. The molecule has 0 unspecified atom stereocenters.